The van der Waals surface area contributed by atoms with Crippen molar-refractivity contribution in [2.75, 3.05) is 14.2 Å². The molecule has 2 aliphatic rings. The normalized spacial score (nSPS) is 33.0. The Morgan fingerprint density at radius 1 is 1.20 bits per heavy atom. The lowest BCUT2D eigenvalue weighted by atomic mass is 9.83. The van der Waals surface area contributed by atoms with Crippen LogP contribution in [0.5, 0.6) is 0 Å². The van der Waals surface area contributed by atoms with Crippen molar-refractivity contribution in [3.05, 3.63) is 48.0 Å². The average Bonchev–Trinajstić information content (AvgIpc) is 3.28. The first-order valence-electron chi connectivity index (χ1n) is 6.41. The van der Waals surface area contributed by atoms with Crippen LogP contribution in [0, 0.1) is 11.8 Å². The van der Waals surface area contributed by atoms with Crippen molar-refractivity contribution in [1.82, 2.24) is 0 Å². The van der Waals surface area contributed by atoms with Crippen molar-refractivity contribution >= 4 is 0 Å². The van der Waals surface area contributed by atoms with Crippen LogP contribution >= 0.6 is 0 Å². The third-order valence-corrected chi connectivity index (χ3v) is 3.75. The lowest BCUT2D eigenvalue weighted by molar-refractivity contribution is -0.257. The van der Waals surface area contributed by atoms with Gasteiger partial charge < -0.3 is 19.3 Å². The highest BCUT2D eigenvalue weighted by Gasteiger charge is 2.66. The maximum Gasteiger partial charge on any atom is 0.231 e. The van der Waals surface area contributed by atoms with Crippen molar-refractivity contribution in [1.29, 1.82) is 0 Å². The van der Waals surface area contributed by atoms with E-state index in [0.29, 0.717) is 0 Å². The van der Waals surface area contributed by atoms with Gasteiger partial charge in [0.15, 0.2) is 0 Å². The zero-order chi connectivity index (χ0) is 14.2. The van der Waals surface area contributed by atoms with E-state index in [1.807, 2.05) is 36.4 Å². The first-order valence-corrected chi connectivity index (χ1v) is 6.41. The van der Waals surface area contributed by atoms with Crippen molar-refractivity contribution in [2.24, 2.45) is 0 Å². The van der Waals surface area contributed by atoms with Crippen molar-refractivity contribution < 1.29 is 19.3 Å². The van der Waals surface area contributed by atoms with E-state index >= 15 is 0 Å². The van der Waals surface area contributed by atoms with Crippen LogP contribution in [-0.2, 0) is 14.2 Å². The third-order valence-electron chi connectivity index (χ3n) is 3.75. The Labute approximate surface area is 118 Å². The summed E-state index contributed by atoms with van der Waals surface area (Å²) < 4.78 is 16.2. The van der Waals surface area contributed by atoms with Crippen LogP contribution in [0.1, 0.15) is 5.56 Å². The maximum atomic E-state index is 11.0. The molecule has 1 aromatic rings. The van der Waals surface area contributed by atoms with Gasteiger partial charge in [-0.05, 0) is 18.2 Å². The molecule has 0 aromatic heterocycles. The molecule has 1 fully saturated rings. The molecular formula is C16H16O4. The number of rotatable bonds is 2. The van der Waals surface area contributed by atoms with Gasteiger partial charge in [0.05, 0.1) is 0 Å². The molecule has 1 aromatic carbocycles. The Balaban J connectivity index is 2.00. The highest BCUT2D eigenvalue weighted by molar-refractivity contribution is 5.42. The second-order valence-corrected chi connectivity index (χ2v) is 4.84. The molecule has 4 nitrogen and oxygen atoms in total. The quantitative estimate of drug-likeness (QED) is 0.379. The number of methoxy groups -OCH3 is 2. The van der Waals surface area contributed by atoms with Crippen LogP contribution in [0.3, 0.4) is 0 Å². The summed E-state index contributed by atoms with van der Waals surface area (Å²) >= 11 is 0. The molecule has 104 valence electrons. The van der Waals surface area contributed by atoms with E-state index in [-0.39, 0.29) is 6.10 Å². The Morgan fingerprint density at radius 2 is 1.90 bits per heavy atom. The van der Waals surface area contributed by atoms with Crippen molar-refractivity contribution in [3.63, 3.8) is 0 Å². The predicted molar refractivity (Wildman–Crippen MR) is 72.8 cm³/mol. The fourth-order valence-electron chi connectivity index (χ4n) is 2.53. The topological polar surface area (TPSA) is 51.2 Å². The highest BCUT2D eigenvalue weighted by Crippen LogP contribution is 2.46. The second kappa shape index (κ2) is 4.72. The van der Waals surface area contributed by atoms with E-state index in [1.54, 1.807) is 6.08 Å². The summed E-state index contributed by atoms with van der Waals surface area (Å²) in [5.74, 6) is 4.53. The van der Waals surface area contributed by atoms with Crippen molar-refractivity contribution in [3.8, 4) is 11.8 Å². The predicted octanol–water partition coefficient (Wildman–Crippen LogP) is 1.10. The molecule has 1 aliphatic carbocycles. The average molecular weight is 272 g/mol. The molecule has 1 saturated heterocycles. The third kappa shape index (κ3) is 1.88. The molecule has 1 N–H and O–H groups in total. The summed E-state index contributed by atoms with van der Waals surface area (Å²) in [6, 6.07) is 9.46. The fraction of sp³-hybridized carbons (Fsp3) is 0.375. The maximum absolute atomic E-state index is 11.0. The number of fused-ring (bicyclic) bond motifs is 1. The van der Waals surface area contributed by atoms with Gasteiger partial charge in [-0.25, -0.2) is 0 Å². The number of benzene rings is 1. The zero-order valence-electron chi connectivity index (χ0n) is 11.4. The van der Waals surface area contributed by atoms with Crippen LogP contribution in [-0.4, -0.2) is 42.9 Å². The van der Waals surface area contributed by atoms with Gasteiger partial charge in [-0.1, -0.05) is 36.1 Å². The van der Waals surface area contributed by atoms with E-state index in [2.05, 4.69) is 11.8 Å². The van der Waals surface area contributed by atoms with Gasteiger partial charge in [-0.2, -0.15) is 0 Å². The van der Waals surface area contributed by atoms with Gasteiger partial charge in [0.2, 0.25) is 11.4 Å². The van der Waals surface area contributed by atoms with Gasteiger partial charge in [-0.3, -0.25) is 0 Å². The van der Waals surface area contributed by atoms with Gasteiger partial charge in [0.1, 0.15) is 12.2 Å². The molecule has 3 atom stereocenters. The molecule has 1 aliphatic heterocycles. The minimum absolute atomic E-state index is 0.122. The number of ether oxygens (including phenoxy) is 3. The van der Waals surface area contributed by atoms with Gasteiger partial charge in [-0.15, -0.1) is 0 Å². The van der Waals surface area contributed by atoms with E-state index in [0.717, 1.165) is 5.56 Å². The summed E-state index contributed by atoms with van der Waals surface area (Å²) in [5.41, 5.74) is -0.722. The summed E-state index contributed by atoms with van der Waals surface area (Å²) in [4.78, 5) is 0. The molecule has 4 heteroatoms. The smallest absolute Gasteiger partial charge is 0.231 e. The Kier molecular flexibility index (Phi) is 3.15. The molecule has 0 radical (unpaired) electrons. The molecule has 0 bridgehead atoms. The molecule has 0 saturated carbocycles. The summed E-state index contributed by atoms with van der Waals surface area (Å²) in [6.07, 6.45) is 2.95. The van der Waals surface area contributed by atoms with E-state index in [9.17, 15) is 5.11 Å². The minimum atomic E-state index is -1.54. The molecule has 1 heterocycles. The molecular weight excluding hydrogens is 256 g/mol. The SMILES string of the molecule is COC1(OC)C=C[C@@H]2O[C@@H]2[C@@]1(O)C#Cc1ccccc1. The van der Waals surface area contributed by atoms with Crippen LogP contribution in [0.4, 0.5) is 0 Å². The van der Waals surface area contributed by atoms with Crippen LogP contribution in [0.15, 0.2) is 42.5 Å². The zero-order valence-corrected chi connectivity index (χ0v) is 11.4. The van der Waals surface area contributed by atoms with Crippen LogP contribution in [0.25, 0.3) is 0 Å². The Hall–Kier alpha value is -1.64. The summed E-state index contributed by atoms with van der Waals surface area (Å²) in [6.45, 7) is 0. The molecule has 3 rings (SSSR count). The molecule has 0 unspecified atom stereocenters. The summed E-state index contributed by atoms with van der Waals surface area (Å²) in [5, 5.41) is 11.0. The number of hydrogen-bond donors (Lipinski definition) is 1. The van der Waals surface area contributed by atoms with E-state index in [1.165, 1.54) is 14.2 Å². The summed E-state index contributed by atoms with van der Waals surface area (Å²) in [7, 11) is 2.96. The lowest BCUT2D eigenvalue weighted by Gasteiger charge is -2.40. The van der Waals surface area contributed by atoms with E-state index < -0.39 is 17.5 Å². The standard InChI is InChI=1S/C16H16O4/c1-18-16(19-2)11-9-13-14(20-13)15(16,17)10-8-12-6-4-3-5-7-12/h3-7,9,11,13-14,17H,1-2H3/t13-,14-,15-/m0/s1. The van der Waals surface area contributed by atoms with Gasteiger partial charge >= 0.3 is 0 Å². The largest absolute Gasteiger partial charge is 0.370 e. The second-order valence-electron chi connectivity index (χ2n) is 4.84. The van der Waals surface area contributed by atoms with Crippen LogP contribution in [0.2, 0.25) is 0 Å². The first-order chi connectivity index (χ1) is 9.65. The monoisotopic (exact) mass is 272 g/mol. The highest BCUT2D eigenvalue weighted by atomic mass is 16.7. The number of epoxide rings is 1. The van der Waals surface area contributed by atoms with Gasteiger partial charge in [0.25, 0.3) is 0 Å². The minimum Gasteiger partial charge on any atom is -0.370 e. The fourth-order valence-corrected chi connectivity index (χ4v) is 2.53. The number of hydrogen-bond acceptors (Lipinski definition) is 4. The Morgan fingerprint density at radius 3 is 2.55 bits per heavy atom. The first kappa shape index (κ1) is 13.3. The van der Waals surface area contributed by atoms with Crippen molar-refractivity contribution in [2.45, 2.75) is 23.6 Å². The van der Waals surface area contributed by atoms with Gasteiger partial charge in [0, 0.05) is 19.8 Å². The molecule has 20 heavy (non-hydrogen) atoms. The Bertz CT molecular complexity index is 579. The lowest BCUT2D eigenvalue weighted by Crippen LogP contribution is -2.60. The van der Waals surface area contributed by atoms with E-state index in [4.69, 9.17) is 14.2 Å². The molecule has 0 amide bonds. The number of aliphatic hydroxyl groups is 1. The molecule has 0 spiro atoms. The van der Waals surface area contributed by atoms with Crippen LogP contribution < -0.4 is 0 Å².